The fraction of sp³-hybridized carbons (Fsp3) is 0.300. The molecule has 0 heterocycles. The monoisotopic (exact) mass is 197 g/mol. The summed E-state index contributed by atoms with van der Waals surface area (Å²) in [4.78, 5) is 11.4. The van der Waals surface area contributed by atoms with Crippen molar-refractivity contribution in [2.45, 2.75) is 19.8 Å². The first kappa shape index (κ1) is 10.1. The lowest BCUT2D eigenvalue weighted by Gasteiger charge is -2.01. The molecule has 0 fully saturated rings. The topological polar surface area (TPSA) is 43.1 Å². The highest BCUT2D eigenvalue weighted by atomic mass is 35.5. The molecule has 0 aliphatic carbocycles. The van der Waals surface area contributed by atoms with Gasteiger partial charge in [0.2, 0.25) is 0 Å². The highest BCUT2D eigenvalue weighted by molar-refractivity contribution is 6.33. The van der Waals surface area contributed by atoms with E-state index < -0.39 is 0 Å². The molecule has 3 heteroatoms. The Bertz CT molecular complexity index is 323. The minimum absolute atomic E-state index is 0.115. The molecule has 0 radical (unpaired) electrons. The van der Waals surface area contributed by atoms with Gasteiger partial charge in [0, 0.05) is 12.0 Å². The first-order chi connectivity index (χ1) is 6.15. The zero-order valence-electron chi connectivity index (χ0n) is 7.51. The molecule has 0 saturated heterocycles. The molecule has 0 amide bonds. The summed E-state index contributed by atoms with van der Waals surface area (Å²) in [5, 5.41) is 0.446. The van der Waals surface area contributed by atoms with E-state index in [0.29, 0.717) is 22.7 Å². The second-order valence-corrected chi connectivity index (χ2v) is 3.32. The predicted octanol–water partition coefficient (Wildman–Crippen LogP) is 2.91. The molecule has 0 unspecified atom stereocenters. The molecule has 0 atom stereocenters. The molecule has 0 aliphatic rings. The van der Waals surface area contributed by atoms with Crippen LogP contribution < -0.4 is 5.73 Å². The maximum atomic E-state index is 11.4. The van der Waals surface area contributed by atoms with Crippen LogP contribution >= 0.6 is 11.6 Å². The highest BCUT2D eigenvalue weighted by Crippen LogP contribution is 2.20. The number of Topliss-reactive ketones (excluding diaryl/α,β-unsaturated/α-hetero) is 1. The van der Waals surface area contributed by atoms with Gasteiger partial charge in [-0.05, 0) is 24.6 Å². The van der Waals surface area contributed by atoms with Gasteiger partial charge < -0.3 is 5.73 Å². The number of halogens is 1. The van der Waals surface area contributed by atoms with Gasteiger partial charge in [0.25, 0.3) is 0 Å². The molecule has 0 aliphatic heterocycles. The fourth-order valence-corrected chi connectivity index (χ4v) is 1.25. The molecule has 0 aromatic heterocycles. The van der Waals surface area contributed by atoms with Gasteiger partial charge in [-0.1, -0.05) is 18.5 Å². The van der Waals surface area contributed by atoms with Gasteiger partial charge in [-0.15, -0.1) is 0 Å². The van der Waals surface area contributed by atoms with Crippen molar-refractivity contribution in [3.8, 4) is 0 Å². The number of hydrogen-bond donors (Lipinski definition) is 1. The van der Waals surface area contributed by atoms with Crippen LogP contribution in [-0.2, 0) is 0 Å². The first-order valence-corrected chi connectivity index (χ1v) is 4.61. The Morgan fingerprint density at radius 3 is 2.77 bits per heavy atom. The van der Waals surface area contributed by atoms with Crippen molar-refractivity contribution in [3.05, 3.63) is 28.8 Å². The molecule has 1 rings (SSSR count). The van der Waals surface area contributed by atoms with Crippen LogP contribution in [0.4, 0.5) is 5.69 Å². The Hall–Kier alpha value is -1.02. The largest absolute Gasteiger partial charge is 0.398 e. The summed E-state index contributed by atoms with van der Waals surface area (Å²) in [5.41, 5.74) is 6.67. The van der Waals surface area contributed by atoms with Crippen molar-refractivity contribution < 1.29 is 4.79 Å². The number of carbonyl (C=O) groups is 1. The Morgan fingerprint density at radius 1 is 1.54 bits per heavy atom. The molecule has 70 valence electrons. The average Bonchev–Trinajstić information content (AvgIpc) is 2.10. The van der Waals surface area contributed by atoms with Gasteiger partial charge in [-0.2, -0.15) is 0 Å². The van der Waals surface area contributed by atoms with Crippen LogP contribution in [0.15, 0.2) is 18.2 Å². The van der Waals surface area contributed by atoms with E-state index >= 15 is 0 Å². The van der Waals surface area contributed by atoms with Crippen LogP contribution in [0, 0.1) is 0 Å². The van der Waals surface area contributed by atoms with Gasteiger partial charge in [0.1, 0.15) is 0 Å². The second-order valence-electron chi connectivity index (χ2n) is 2.91. The number of rotatable bonds is 3. The molecule has 1 aromatic rings. The van der Waals surface area contributed by atoms with Crippen LogP contribution in [-0.4, -0.2) is 5.78 Å². The van der Waals surface area contributed by atoms with Crippen LogP contribution in [0.2, 0.25) is 5.02 Å². The third kappa shape index (κ3) is 2.46. The maximum Gasteiger partial charge on any atom is 0.162 e. The average molecular weight is 198 g/mol. The molecule has 0 bridgehead atoms. The highest BCUT2D eigenvalue weighted by Gasteiger charge is 2.05. The number of nitrogens with two attached hydrogens (primary N) is 1. The van der Waals surface area contributed by atoms with Gasteiger partial charge >= 0.3 is 0 Å². The SMILES string of the molecule is CCCC(=O)c1ccc(N)c(Cl)c1. The Balaban J connectivity index is 2.90. The van der Waals surface area contributed by atoms with Gasteiger partial charge in [-0.3, -0.25) is 4.79 Å². The number of ketones is 1. The van der Waals surface area contributed by atoms with Crippen molar-refractivity contribution >= 4 is 23.1 Å². The Labute approximate surface area is 82.7 Å². The zero-order valence-corrected chi connectivity index (χ0v) is 8.27. The smallest absolute Gasteiger partial charge is 0.162 e. The van der Waals surface area contributed by atoms with Crippen molar-refractivity contribution in [2.24, 2.45) is 0 Å². The summed E-state index contributed by atoms with van der Waals surface area (Å²) in [6, 6.07) is 4.99. The molecule has 1 aromatic carbocycles. The Kier molecular flexibility index (Phi) is 3.32. The number of carbonyl (C=O) groups excluding carboxylic acids is 1. The van der Waals surface area contributed by atoms with Crippen molar-refractivity contribution in [3.63, 3.8) is 0 Å². The quantitative estimate of drug-likeness (QED) is 0.598. The molecule has 2 N–H and O–H groups in total. The number of benzene rings is 1. The summed E-state index contributed by atoms with van der Waals surface area (Å²) < 4.78 is 0. The van der Waals surface area contributed by atoms with Gasteiger partial charge in [0.15, 0.2) is 5.78 Å². The summed E-state index contributed by atoms with van der Waals surface area (Å²) >= 11 is 5.78. The summed E-state index contributed by atoms with van der Waals surface area (Å²) in [6.45, 7) is 1.97. The van der Waals surface area contributed by atoms with Crippen molar-refractivity contribution in [2.75, 3.05) is 5.73 Å². The van der Waals surface area contributed by atoms with E-state index in [0.717, 1.165) is 6.42 Å². The van der Waals surface area contributed by atoms with Crippen LogP contribution in [0.1, 0.15) is 30.1 Å². The zero-order chi connectivity index (χ0) is 9.84. The van der Waals surface area contributed by atoms with Crippen molar-refractivity contribution in [1.29, 1.82) is 0 Å². The lowest BCUT2D eigenvalue weighted by atomic mass is 10.1. The Morgan fingerprint density at radius 2 is 2.23 bits per heavy atom. The summed E-state index contributed by atoms with van der Waals surface area (Å²) in [5.74, 6) is 0.115. The molecule has 0 spiro atoms. The van der Waals surface area contributed by atoms with E-state index in [4.69, 9.17) is 17.3 Å². The molecule has 2 nitrogen and oxygen atoms in total. The number of nitrogen functional groups attached to an aromatic ring is 1. The second kappa shape index (κ2) is 4.28. The maximum absolute atomic E-state index is 11.4. The normalized spacial score (nSPS) is 10.0. The van der Waals surface area contributed by atoms with Crippen LogP contribution in [0.25, 0.3) is 0 Å². The summed E-state index contributed by atoms with van der Waals surface area (Å²) in [7, 11) is 0. The fourth-order valence-electron chi connectivity index (χ4n) is 1.07. The van der Waals surface area contributed by atoms with E-state index in [9.17, 15) is 4.79 Å². The lowest BCUT2D eigenvalue weighted by Crippen LogP contribution is -1.98. The van der Waals surface area contributed by atoms with E-state index in [-0.39, 0.29) is 5.78 Å². The first-order valence-electron chi connectivity index (χ1n) is 4.23. The third-order valence-electron chi connectivity index (χ3n) is 1.80. The molecule has 13 heavy (non-hydrogen) atoms. The van der Waals surface area contributed by atoms with Crippen LogP contribution in [0.5, 0.6) is 0 Å². The minimum atomic E-state index is 0.115. The molecular formula is C10H12ClNO. The van der Waals surface area contributed by atoms with Gasteiger partial charge in [0.05, 0.1) is 10.7 Å². The predicted molar refractivity (Wildman–Crippen MR) is 55.1 cm³/mol. The number of anilines is 1. The van der Waals surface area contributed by atoms with E-state index in [2.05, 4.69) is 0 Å². The van der Waals surface area contributed by atoms with E-state index in [1.165, 1.54) is 0 Å². The van der Waals surface area contributed by atoms with E-state index in [1.54, 1.807) is 18.2 Å². The number of hydrogen-bond acceptors (Lipinski definition) is 2. The van der Waals surface area contributed by atoms with Crippen LogP contribution in [0.3, 0.4) is 0 Å². The lowest BCUT2D eigenvalue weighted by molar-refractivity contribution is 0.0982. The van der Waals surface area contributed by atoms with Crippen molar-refractivity contribution in [1.82, 2.24) is 0 Å². The van der Waals surface area contributed by atoms with Gasteiger partial charge in [-0.25, -0.2) is 0 Å². The summed E-state index contributed by atoms with van der Waals surface area (Å²) in [6.07, 6.45) is 1.40. The standard InChI is InChI=1S/C10H12ClNO/c1-2-3-10(13)7-4-5-9(12)8(11)6-7/h4-6H,2-3,12H2,1H3. The third-order valence-corrected chi connectivity index (χ3v) is 2.13. The molecule has 0 saturated carbocycles. The van der Waals surface area contributed by atoms with E-state index in [1.807, 2.05) is 6.92 Å². The molecular weight excluding hydrogens is 186 g/mol. The minimum Gasteiger partial charge on any atom is -0.398 e.